The van der Waals surface area contributed by atoms with Crippen LogP contribution in [0.25, 0.3) is 0 Å². The molecular weight excluding hydrogens is 390 g/mol. The van der Waals surface area contributed by atoms with E-state index in [0.29, 0.717) is 37.8 Å². The van der Waals surface area contributed by atoms with Gasteiger partial charge in [-0.05, 0) is 48.6 Å². The lowest BCUT2D eigenvalue weighted by Crippen LogP contribution is -2.38. The SMILES string of the molecule is CN(C)[C@@H](CNC(=O)[C@H]1CC(=O)N(c2ccc3c(c2)OCCO3)C1)c1ccsc1. The van der Waals surface area contributed by atoms with Gasteiger partial charge in [0.1, 0.15) is 13.2 Å². The second-order valence-electron chi connectivity index (χ2n) is 7.51. The zero-order valence-corrected chi connectivity index (χ0v) is 17.4. The van der Waals surface area contributed by atoms with Crippen molar-refractivity contribution in [2.24, 2.45) is 5.92 Å². The zero-order valence-electron chi connectivity index (χ0n) is 16.6. The maximum absolute atomic E-state index is 12.7. The number of anilines is 1. The van der Waals surface area contributed by atoms with Crippen LogP contribution >= 0.6 is 11.3 Å². The summed E-state index contributed by atoms with van der Waals surface area (Å²) in [5.41, 5.74) is 1.92. The molecule has 0 spiro atoms. The number of amides is 2. The van der Waals surface area contributed by atoms with E-state index in [1.807, 2.05) is 37.7 Å². The standard InChI is InChI=1S/C21H25N3O4S/c1-23(2)17(14-5-8-29-13-14)11-22-21(26)15-9-20(25)24(12-15)16-3-4-18-19(10-16)28-7-6-27-18/h3-5,8,10,13,15,17H,6-7,9,11-12H2,1-2H3,(H,22,26)/t15-,17-/m0/s1. The summed E-state index contributed by atoms with van der Waals surface area (Å²) in [6.45, 7) is 1.90. The summed E-state index contributed by atoms with van der Waals surface area (Å²) < 4.78 is 11.1. The fourth-order valence-corrected chi connectivity index (χ4v) is 4.44. The van der Waals surface area contributed by atoms with E-state index in [1.165, 1.54) is 5.56 Å². The zero-order chi connectivity index (χ0) is 20.4. The maximum Gasteiger partial charge on any atom is 0.227 e. The van der Waals surface area contributed by atoms with Crippen LogP contribution in [0, 0.1) is 5.92 Å². The molecule has 8 heteroatoms. The summed E-state index contributed by atoms with van der Waals surface area (Å²) in [6.07, 6.45) is 0.214. The van der Waals surface area contributed by atoms with E-state index in [9.17, 15) is 9.59 Å². The molecule has 2 atom stereocenters. The van der Waals surface area contributed by atoms with Crippen LogP contribution < -0.4 is 19.7 Å². The number of carbonyl (C=O) groups excluding carboxylic acids is 2. The fourth-order valence-electron chi connectivity index (χ4n) is 3.74. The van der Waals surface area contributed by atoms with Gasteiger partial charge in [0.25, 0.3) is 0 Å². The molecule has 7 nitrogen and oxygen atoms in total. The van der Waals surface area contributed by atoms with Gasteiger partial charge < -0.3 is 24.6 Å². The topological polar surface area (TPSA) is 71.1 Å². The van der Waals surface area contributed by atoms with Gasteiger partial charge in [-0.25, -0.2) is 0 Å². The lowest BCUT2D eigenvalue weighted by Gasteiger charge is -2.25. The molecule has 1 aromatic carbocycles. The summed E-state index contributed by atoms with van der Waals surface area (Å²) in [5.74, 6) is 0.827. The molecule has 1 saturated heterocycles. The largest absolute Gasteiger partial charge is 0.486 e. The van der Waals surface area contributed by atoms with Crippen LogP contribution in [0.3, 0.4) is 0 Å². The van der Waals surface area contributed by atoms with E-state index in [-0.39, 0.29) is 30.2 Å². The Morgan fingerprint density at radius 2 is 2.07 bits per heavy atom. The van der Waals surface area contributed by atoms with Crippen molar-refractivity contribution in [2.45, 2.75) is 12.5 Å². The Morgan fingerprint density at radius 1 is 1.28 bits per heavy atom. The Balaban J connectivity index is 1.39. The van der Waals surface area contributed by atoms with Crippen molar-refractivity contribution >= 4 is 28.8 Å². The molecule has 3 heterocycles. The summed E-state index contributed by atoms with van der Waals surface area (Å²) in [7, 11) is 3.99. The predicted octanol–water partition coefficient (Wildman–Crippen LogP) is 2.29. The third kappa shape index (κ3) is 4.23. The Hall–Kier alpha value is -2.58. The highest BCUT2D eigenvalue weighted by Crippen LogP contribution is 2.36. The van der Waals surface area contributed by atoms with Crippen molar-refractivity contribution in [1.29, 1.82) is 0 Å². The number of rotatable bonds is 6. The molecule has 2 aliphatic heterocycles. The van der Waals surface area contributed by atoms with Crippen LogP contribution in [0.1, 0.15) is 18.0 Å². The van der Waals surface area contributed by atoms with Gasteiger partial charge in [-0.15, -0.1) is 0 Å². The highest BCUT2D eigenvalue weighted by Gasteiger charge is 2.35. The van der Waals surface area contributed by atoms with Gasteiger partial charge in [-0.3, -0.25) is 9.59 Å². The molecule has 0 bridgehead atoms. The van der Waals surface area contributed by atoms with Gasteiger partial charge in [0.2, 0.25) is 11.8 Å². The molecule has 1 N–H and O–H groups in total. The molecule has 4 rings (SSSR count). The van der Waals surface area contributed by atoms with E-state index in [0.717, 1.165) is 5.69 Å². The molecule has 0 radical (unpaired) electrons. The first kappa shape index (κ1) is 19.7. The van der Waals surface area contributed by atoms with E-state index in [2.05, 4.69) is 21.7 Å². The molecule has 29 heavy (non-hydrogen) atoms. The monoisotopic (exact) mass is 415 g/mol. The van der Waals surface area contributed by atoms with Gasteiger partial charge in [0.15, 0.2) is 11.5 Å². The number of hydrogen-bond acceptors (Lipinski definition) is 6. The Labute approximate surface area is 174 Å². The van der Waals surface area contributed by atoms with Gasteiger partial charge in [0.05, 0.1) is 12.0 Å². The minimum absolute atomic E-state index is 0.0520. The molecule has 2 aliphatic rings. The number of thiophene rings is 1. The Bertz CT molecular complexity index is 884. The molecule has 2 aromatic rings. The number of carbonyl (C=O) groups is 2. The van der Waals surface area contributed by atoms with Gasteiger partial charge in [-0.1, -0.05) is 0 Å². The van der Waals surface area contributed by atoms with Crippen LogP contribution in [0.5, 0.6) is 11.5 Å². The van der Waals surface area contributed by atoms with E-state index >= 15 is 0 Å². The lowest BCUT2D eigenvalue weighted by atomic mass is 10.1. The summed E-state index contributed by atoms with van der Waals surface area (Å²) in [5, 5.41) is 7.17. The van der Waals surface area contributed by atoms with Crippen LogP contribution in [-0.2, 0) is 9.59 Å². The van der Waals surface area contributed by atoms with E-state index in [4.69, 9.17) is 9.47 Å². The molecule has 1 aromatic heterocycles. The number of benzene rings is 1. The quantitative estimate of drug-likeness (QED) is 0.784. The average Bonchev–Trinajstić information content (AvgIpc) is 3.37. The minimum Gasteiger partial charge on any atom is -0.486 e. The molecule has 0 aliphatic carbocycles. The number of nitrogens with one attached hydrogen (secondary N) is 1. The Kier molecular flexibility index (Phi) is 5.73. The molecule has 0 saturated carbocycles. The van der Waals surface area contributed by atoms with Gasteiger partial charge in [-0.2, -0.15) is 11.3 Å². The third-order valence-electron chi connectivity index (χ3n) is 5.35. The van der Waals surface area contributed by atoms with Crippen molar-refractivity contribution < 1.29 is 19.1 Å². The number of fused-ring (bicyclic) bond motifs is 1. The smallest absolute Gasteiger partial charge is 0.227 e. The summed E-state index contributed by atoms with van der Waals surface area (Å²) >= 11 is 1.64. The van der Waals surface area contributed by atoms with Crippen molar-refractivity contribution in [3.05, 3.63) is 40.6 Å². The predicted molar refractivity (Wildman–Crippen MR) is 112 cm³/mol. The number of hydrogen-bond donors (Lipinski definition) is 1. The van der Waals surface area contributed by atoms with Crippen LogP contribution in [0.2, 0.25) is 0 Å². The highest BCUT2D eigenvalue weighted by molar-refractivity contribution is 7.07. The minimum atomic E-state index is -0.360. The maximum atomic E-state index is 12.7. The first-order chi connectivity index (χ1) is 14.0. The first-order valence-electron chi connectivity index (χ1n) is 9.69. The fraction of sp³-hybridized carbons (Fsp3) is 0.429. The lowest BCUT2D eigenvalue weighted by molar-refractivity contribution is -0.126. The second-order valence-corrected chi connectivity index (χ2v) is 8.29. The summed E-state index contributed by atoms with van der Waals surface area (Å²) in [4.78, 5) is 29.0. The number of nitrogens with zero attached hydrogens (tertiary/aromatic N) is 2. The molecule has 1 fully saturated rings. The van der Waals surface area contributed by atoms with Crippen molar-refractivity contribution in [3.63, 3.8) is 0 Å². The van der Waals surface area contributed by atoms with Gasteiger partial charge in [0, 0.05) is 31.3 Å². The molecule has 154 valence electrons. The van der Waals surface area contributed by atoms with Crippen LogP contribution in [-0.4, -0.2) is 57.1 Å². The molecular formula is C21H25N3O4S. The first-order valence-corrected chi connectivity index (χ1v) is 10.6. The van der Waals surface area contributed by atoms with Crippen molar-refractivity contribution in [3.8, 4) is 11.5 Å². The third-order valence-corrected chi connectivity index (χ3v) is 6.06. The second kappa shape index (κ2) is 8.42. The van der Waals surface area contributed by atoms with E-state index < -0.39 is 0 Å². The average molecular weight is 416 g/mol. The highest BCUT2D eigenvalue weighted by atomic mass is 32.1. The Morgan fingerprint density at radius 3 is 2.79 bits per heavy atom. The van der Waals surface area contributed by atoms with Crippen LogP contribution in [0.4, 0.5) is 5.69 Å². The van der Waals surface area contributed by atoms with Crippen molar-refractivity contribution in [1.82, 2.24) is 10.2 Å². The van der Waals surface area contributed by atoms with E-state index in [1.54, 1.807) is 16.2 Å². The summed E-state index contributed by atoms with van der Waals surface area (Å²) in [6, 6.07) is 7.64. The van der Waals surface area contributed by atoms with Crippen molar-refractivity contribution in [2.75, 3.05) is 45.3 Å². The van der Waals surface area contributed by atoms with Gasteiger partial charge >= 0.3 is 0 Å². The molecule has 2 amide bonds. The normalized spacial score (nSPS) is 19.5. The number of likely N-dealkylation sites (N-methyl/N-ethyl adjacent to an activating group) is 1. The van der Waals surface area contributed by atoms with Crippen LogP contribution in [0.15, 0.2) is 35.0 Å². The number of ether oxygens (including phenoxy) is 2. The molecule has 0 unspecified atom stereocenters.